The summed E-state index contributed by atoms with van der Waals surface area (Å²) in [4.78, 5) is 14.2. The molecular weight excluding hydrogens is 295 g/mol. The van der Waals surface area contributed by atoms with E-state index in [1.54, 1.807) is 6.07 Å². The van der Waals surface area contributed by atoms with Crippen LogP contribution in [0.5, 0.6) is 0 Å². The van der Waals surface area contributed by atoms with Gasteiger partial charge in [0.2, 0.25) is 5.91 Å². The summed E-state index contributed by atoms with van der Waals surface area (Å²) in [5, 5.41) is 1.09. The predicted octanol–water partition coefficient (Wildman–Crippen LogP) is 3.26. The molecular formula is C15H20Cl2N2O. The number of likely N-dealkylation sites (tertiary alicyclic amines) is 1. The van der Waals surface area contributed by atoms with Gasteiger partial charge in [0.25, 0.3) is 0 Å². The molecule has 20 heavy (non-hydrogen) atoms. The van der Waals surface area contributed by atoms with Crippen molar-refractivity contribution in [3.05, 3.63) is 33.8 Å². The normalized spacial score (nSPS) is 22.9. The first-order valence-corrected chi connectivity index (χ1v) is 7.72. The van der Waals surface area contributed by atoms with E-state index >= 15 is 0 Å². The van der Waals surface area contributed by atoms with E-state index in [4.69, 9.17) is 28.9 Å². The lowest BCUT2D eigenvalue weighted by Crippen LogP contribution is -2.48. The fourth-order valence-electron chi connectivity index (χ4n) is 2.71. The molecule has 0 aromatic heterocycles. The Labute approximate surface area is 130 Å². The van der Waals surface area contributed by atoms with Crippen LogP contribution < -0.4 is 5.73 Å². The van der Waals surface area contributed by atoms with Gasteiger partial charge < -0.3 is 10.6 Å². The summed E-state index contributed by atoms with van der Waals surface area (Å²) in [5.74, 6) is 0.167. The van der Waals surface area contributed by atoms with Crippen LogP contribution in [0.15, 0.2) is 18.2 Å². The van der Waals surface area contributed by atoms with Crippen molar-refractivity contribution in [2.24, 2.45) is 5.73 Å². The molecule has 110 valence electrons. The second kappa shape index (κ2) is 6.79. The Morgan fingerprint density at radius 1 is 1.45 bits per heavy atom. The molecule has 1 amide bonds. The molecule has 0 unspecified atom stereocenters. The van der Waals surface area contributed by atoms with Crippen LogP contribution in [0.4, 0.5) is 0 Å². The second-order valence-corrected chi connectivity index (χ2v) is 6.22. The molecule has 0 radical (unpaired) electrons. The lowest BCUT2D eigenvalue weighted by Gasteiger charge is -2.36. The lowest BCUT2D eigenvalue weighted by atomic mass is 9.98. The zero-order valence-corrected chi connectivity index (χ0v) is 13.1. The third-order valence-electron chi connectivity index (χ3n) is 3.88. The van der Waals surface area contributed by atoms with Gasteiger partial charge in [0.05, 0.1) is 10.0 Å². The number of benzene rings is 1. The Kier molecular flexibility index (Phi) is 5.30. The third-order valence-corrected chi connectivity index (χ3v) is 4.73. The number of hydrogen-bond acceptors (Lipinski definition) is 2. The minimum atomic E-state index is 0.167. The van der Waals surface area contributed by atoms with Crippen LogP contribution >= 0.6 is 23.2 Å². The highest BCUT2D eigenvalue weighted by Gasteiger charge is 2.26. The Bertz CT molecular complexity index is 493. The summed E-state index contributed by atoms with van der Waals surface area (Å²) in [7, 11) is 0. The summed E-state index contributed by atoms with van der Waals surface area (Å²) < 4.78 is 0. The van der Waals surface area contributed by atoms with Crippen molar-refractivity contribution in [1.29, 1.82) is 0 Å². The molecule has 1 aliphatic heterocycles. The van der Waals surface area contributed by atoms with Crippen LogP contribution in [0.3, 0.4) is 0 Å². The fourth-order valence-corrected chi connectivity index (χ4v) is 3.12. The van der Waals surface area contributed by atoms with Gasteiger partial charge in [-0.3, -0.25) is 4.79 Å². The third kappa shape index (κ3) is 3.66. The maximum Gasteiger partial charge on any atom is 0.223 e. The average Bonchev–Trinajstić information content (AvgIpc) is 2.40. The lowest BCUT2D eigenvalue weighted by molar-refractivity contribution is -0.134. The molecule has 5 heteroatoms. The Morgan fingerprint density at radius 3 is 2.90 bits per heavy atom. The quantitative estimate of drug-likeness (QED) is 0.930. The first-order valence-electron chi connectivity index (χ1n) is 6.97. The summed E-state index contributed by atoms with van der Waals surface area (Å²) in [6.07, 6.45) is 2.84. The summed E-state index contributed by atoms with van der Waals surface area (Å²) in [6, 6.07) is 5.97. The van der Waals surface area contributed by atoms with Gasteiger partial charge in [0.15, 0.2) is 0 Å². The molecule has 2 atom stereocenters. The topological polar surface area (TPSA) is 46.3 Å². The summed E-state index contributed by atoms with van der Waals surface area (Å²) in [5.41, 5.74) is 6.84. The van der Waals surface area contributed by atoms with E-state index in [1.165, 1.54) is 0 Å². The molecule has 1 heterocycles. The van der Waals surface area contributed by atoms with Gasteiger partial charge in [-0.2, -0.15) is 0 Å². The number of hydrogen-bond donors (Lipinski definition) is 1. The van der Waals surface area contributed by atoms with Crippen LogP contribution in [-0.4, -0.2) is 29.4 Å². The number of nitrogens with two attached hydrogens (primary N) is 1. The minimum absolute atomic E-state index is 0.167. The van der Waals surface area contributed by atoms with E-state index in [0.717, 1.165) is 24.9 Å². The van der Waals surface area contributed by atoms with Crippen LogP contribution in [0.25, 0.3) is 0 Å². The van der Waals surface area contributed by atoms with Crippen LogP contribution in [0.2, 0.25) is 10.0 Å². The molecule has 1 fully saturated rings. The standard InChI is InChI=1S/C15H20Cl2N2O/c1-10-9-12(18)7-8-19(10)14(20)6-5-11-3-2-4-13(16)15(11)17/h2-4,10,12H,5-9,18H2,1H3/t10-,12-/m1/s1. The van der Waals surface area contributed by atoms with E-state index in [0.29, 0.717) is 22.9 Å². The van der Waals surface area contributed by atoms with Crippen molar-refractivity contribution in [1.82, 2.24) is 4.90 Å². The maximum absolute atomic E-state index is 12.3. The Morgan fingerprint density at radius 2 is 2.20 bits per heavy atom. The molecule has 2 rings (SSSR count). The number of carbonyl (C=O) groups is 1. The van der Waals surface area contributed by atoms with Crippen molar-refractivity contribution in [2.75, 3.05) is 6.54 Å². The smallest absolute Gasteiger partial charge is 0.223 e. The first kappa shape index (κ1) is 15.6. The number of carbonyl (C=O) groups excluding carboxylic acids is 1. The van der Waals surface area contributed by atoms with E-state index in [9.17, 15) is 4.79 Å². The van der Waals surface area contributed by atoms with Crippen molar-refractivity contribution < 1.29 is 4.79 Å². The largest absolute Gasteiger partial charge is 0.340 e. The summed E-state index contributed by atoms with van der Waals surface area (Å²) >= 11 is 12.1. The number of rotatable bonds is 3. The van der Waals surface area contributed by atoms with Gasteiger partial charge in [0, 0.05) is 25.0 Å². The van der Waals surface area contributed by atoms with E-state index in [2.05, 4.69) is 6.92 Å². The molecule has 2 N–H and O–H groups in total. The molecule has 0 spiro atoms. The number of piperidine rings is 1. The van der Waals surface area contributed by atoms with Crippen molar-refractivity contribution in [3.63, 3.8) is 0 Å². The van der Waals surface area contributed by atoms with Gasteiger partial charge in [-0.15, -0.1) is 0 Å². The average molecular weight is 315 g/mol. The Hall–Kier alpha value is -0.770. The molecule has 1 aromatic rings. The molecule has 3 nitrogen and oxygen atoms in total. The van der Waals surface area contributed by atoms with Crippen molar-refractivity contribution >= 4 is 29.1 Å². The SMILES string of the molecule is C[C@@H]1C[C@H](N)CCN1C(=O)CCc1cccc(Cl)c1Cl. The number of halogens is 2. The highest BCUT2D eigenvalue weighted by atomic mass is 35.5. The maximum atomic E-state index is 12.3. The number of nitrogens with zero attached hydrogens (tertiary/aromatic N) is 1. The molecule has 0 saturated carbocycles. The molecule has 0 aliphatic carbocycles. The molecule has 1 saturated heterocycles. The zero-order valence-electron chi connectivity index (χ0n) is 11.6. The molecule has 1 aromatic carbocycles. The fraction of sp³-hybridized carbons (Fsp3) is 0.533. The Balaban J connectivity index is 1.93. The number of aryl methyl sites for hydroxylation is 1. The highest BCUT2D eigenvalue weighted by molar-refractivity contribution is 6.42. The van der Waals surface area contributed by atoms with Gasteiger partial charge in [-0.25, -0.2) is 0 Å². The second-order valence-electron chi connectivity index (χ2n) is 5.43. The first-order chi connectivity index (χ1) is 9.49. The van der Waals surface area contributed by atoms with Crippen LogP contribution in [0, 0.1) is 0 Å². The minimum Gasteiger partial charge on any atom is -0.340 e. The molecule has 0 bridgehead atoms. The van der Waals surface area contributed by atoms with Gasteiger partial charge >= 0.3 is 0 Å². The van der Waals surface area contributed by atoms with Crippen molar-refractivity contribution in [2.45, 2.75) is 44.7 Å². The monoisotopic (exact) mass is 314 g/mol. The van der Waals surface area contributed by atoms with E-state index < -0.39 is 0 Å². The van der Waals surface area contributed by atoms with Gasteiger partial charge in [-0.1, -0.05) is 35.3 Å². The predicted molar refractivity (Wildman–Crippen MR) is 83.2 cm³/mol. The zero-order chi connectivity index (χ0) is 14.7. The van der Waals surface area contributed by atoms with E-state index in [-0.39, 0.29) is 18.0 Å². The summed E-state index contributed by atoms with van der Waals surface area (Å²) in [6.45, 7) is 2.81. The van der Waals surface area contributed by atoms with Gasteiger partial charge in [-0.05, 0) is 37.8 Å². The molecule has 1 aliphatic rings. The highest BCUT2D eigenvalue weighted by Crippen LogP contribution is 2.27. The van der Waals surface area contributed by atoms with Crippen molar-refractivity contribution in [3.8, 4) is 0 Å². The van der Waals surface area contributed by atoms with Crippen LogP contribution in [-0.2, 0) is 11.2 Å². The van der Waals surface area contributed by atoms with Crippen LogP contribution in [0.1, 0.15) is 31.7 Å². The van der Waals surface area contributed by atoms with Gasteiger partial charge in [0.1, 0.15) is 0 Å². The van der Waals surface area contributed by atoms with E-state index in [1.807, 2.05) is 17.0 Å². The number of amides is 1.